The van der Waals surface area contributed by atoms with Crippen molar-refractivity contribution in [3.05, 3.63) is 0 Å². The Morgan fingerprint density at radius 2 is 2.17 bits per heavy atom. The molecule has 5 heteroatoms. The fourth-order valence-electron chi connectivity index (χ4n) is 2.18. The minimum Gasteiger partial charge on any atom is -0.466 e. The van der Waals surface area contributed by atoms with Crippen molar-refractivity contribution in [1.29, 1.82) is 0 Å². The van der Waals surface area contributed by atoms with Gasteiger partial charge in [-0.2, -0.15) is 0 Å². The number of carbonyl (C=O) groups excluding carboxylic acids is 2. The van der Waals surface area contributed by atoms with Crippen molar-refractivity contribution >= 4 is 11.9 Å². The zero-order chi connectivity index (χ0) is 13.4. The minimum atomic E-state index is -0.174. The van der Waals surface area contributed by atoms with Gasteiger partial charge in [0.05, 0.1) is 12.5 Å². The molecule has 0 aliphatic carbocycles. The molecular weight excluding hydrogens is 234 g/mol. The van der Waals surface area contributed by atoms with Gasteiger partial charge in [-0.15, -0.1) is 0 Å². The van der Waals surface area contributed by atoms with E-state index in [1.165, 1.54) is 0 Å². The van der Waals surface area contributed by atoms with Gasteiger partial charge in [-0.25, -0.2) is 0 Å². The number of likely N-dealkylation sites (tertiary alicyclic amines) is 1. The molecule has 0 spiro atoms. The molecule has 18 heavy (non-hydrogen) atoms. The van der Waals surface area contributed by atoms with E-state index < -0.39 is 0 Å². The topological polar surface area (TPSA) is 55.8 Å². The largest absolute Gasteiger partial charge is 0.466 e. The van der Waals surface area contributed by atoms with Gasteiger partial charge < -0.3 is 14.4 Å². The number of methoxy groups -OCH3 is 1. The van der Waals surface area contributed by atoms with Gasteiger partial charge in [-0.3, -0.25) is 9.59 Å². The Labute approximate surface area is 108 Å². The van der Waals surface area contributed by atoms with Gasteiger partial charge >= 0.3 is 5.97 Å². The zero-order valence-corrected chi connectivity index (χ0v) is 11.3. The summed E-state index contributed by atoms with van der Waals surface area (Å²) in [7, 11) is 1.63. The van der Waals surface area contributed by atoms with E-state index in [9.17, 15) is 9.59 Å². The number of rotatable bonds is 6. The molecule has 0 N–H and O–H groups in total. The summed E-state index contributed by atoms with van der Waals surface area (Å²) >= 11 is 0. The second-order valence-electron chi connectivity index (χ2n) is 4.53. The van der Waals surface area contributed by atoms with Crippen molar-refractivity contribution in [2.45, 2.75) is 32.6 Å². The van der Waals surface area contributed by atoms with Crippen LogP contribution in [0, 0.1) is 5.92 Å². The summed E-state index contributed by atoms with van der Waals surface area (Å²) in [6, 6.07) is 0. The fraction of sp³-hybridized carbons (Fsp3) is 0.846. The number of amides is 1. The Bertz CT molecular complexity index is 280. The van der Waals surface area contributed by atoms with E-state index in [2.05, 4.69) is 0 Å². The highest BCUT2D eigenvalue weighted by atomic mass is 16.5. The molecule has 1 saturated heterocycles. The molecule has 1 amide bonds. The molecule has 0 saturated carbocycles. The smallest absolute Gasteiger partial charge is 0.310 e. The third-order valence-electron chi connectivity index (χ3n) is 3.13. The van der Waals surface area contributed by atoms with Crippen LogP contribution in [-0.2, 0) is 19.1 Å². The highest BCUT2D eigenvalue weighted by Crippen LogP contribution is 2.18. The number of hydrogen-bond acceptors (Lipinski definition) is 4. The summed E-state index contributed by atoms with van der Waals surface area (Å²) in [6.45, 7) is 4.05. The standard InChI is InChI=1S/C13H23NO4/c1-3-18-13(16)11-6-4-8-14(10-11)12(15)7-5-9-17-2/h11H,3-10H2,1-2H3/t11-/m1/s1. The predicted octanol–water partition coefficient (Wildman–Crippen LogP) is 1.21. The molecule has 0 aromatic rings. The van der Waals surface area contributed by atoms with Crippen molar-refractivity contribution in [2.24, 2.45) is 5.92 Å². The Kier molecular flexibility index (Phi) is 6.72. The van der Waals surface area contributed by atoms with Crippen LogP contribution in [0.25, 0.3) is 0 Å². The van der Waals surface area contributed by atoms with E-state index in [1.54, 1.807) is 18.9 Å². The van der Waals surface area contributed by atoms with Crippen molar-refractivity contribution in [1.82, 2.24) is 4.90 Å². The van der Waals surface area contributed by atoms with Crippen LogP contribution in [0.4, 0.5) is 0 Å². The maximum atomic E-state index is 11.9. The van der Waals surface area contributed by atoms with Gasteiger partial charge in [0.2, 0.25) is 5.91 Å². The van der Waals surface area contributed by atoms with Crippen LogP contribution in [0.5, 0.6) is 0 Å². The van der Waals surface area contributed by atoms with Crippen LogP contribution in [0.2, 0.25) is 0 Å². The Balaban J connectivity index is 2.38. The van der Waals surface area contributed by atoms with Crippen LogP contribution in [0.1, 0.15) is 32.6 Å². The summed E-state index contributed by atoms with van der Waals surface area (Å²) in [6.07, 6.45) is 2.92. The molecule has 0 aromatic heterocycles. The minimum absolute atomic E-state index is 0.112. The van der Waals surface area contributed by atoms with Crippen LogP contribution < -0.4 is 0 Å². The normalized spacial score (nSPS) is 19.7. The zero-order valence-electron chi connectivity index (χ0n) is 11.3. The quantitative estimate of drug-likeness (QED) is 0.530. The highest BCUT2D eigenvalue weighted by molar-refractivity contribution is 5.78. The lowest BCUT2D eigenvalue weighted by molar-refractivity contribution is -0.151. The molecule has 1 rings (SSSR count). The molecule has 1 fully saturated rings. The Hall–Kier alpha value is -1.10. The summed E-state index contributed by atoms with van der Waals surface area (Å²) in [4.78, 5) is 25.3. The number of nitrogens with zero attached hydrogens (tertiary/aromatic N) is 1. The molecule has 1 aliphatic rings. The summed E-state index contributed by atoms with van der Waals surface area (Å²) in [5.41, 5.74) is 0. The van der Waals surface area contributed by atoms with E-state index >= 15 is 0 Å². The third kappa shape index (κ3) is 4.64. The first-order valence-electron chi connectivity index (χ1n) is 6.62. The summed E-state index contributed by atoms with van der Waals surface area (Å²) < 4.78 is 9.94. The third-order valence-corrected chi connectivity index (χ3v) is 3.13. The maximum absolute atomic E-state index is 11.9. The van der Waals surface area contributed by atoms with Crippen molar-refractivity contribution in [3.63, 3.8) is 0 Å². The molecule has 0 unspecified atom stereocenters. The first-order chi connectivity index (χ1) is 8.69. The summed E-state index contributed by atoms with van der Waals surface area (Å²) in [5, 5.41) is 0. The fourth-order valence-corrected chi connectivity index (χ4v) is 2.18. The molecule has 104 valence electrons. The van der Waals surface area contributed by atoms with E-state index in [4.69, 9.17) is 9.47 Å². The molecule has 1 heterocycles. The van der Waals surface area contributed by atoms with Crippen molar-refractivity contribution in [2.75, 3.05) is 33.4 Å². The molecule has 1 atom stereocenters. The second-order valence-corrected chi connectivity index (χ2v) is 4.53. The van der Waals surface area contributed by atoms with E-state index in [1.807, 2.05) is 0 Å². The highest BCUT2D eigenvalue weighted by Gasteiger charge is 2.28. The van der Waals surface area contributed by atoms with E-state index in [-0.39, 0.29) is 17.8 Å². The SMILES string of the molecule is CCOC(=O)[C@@H]1CCCN(C(=O)CCCOC)C1. The molecule has 5 nitrogen and oxygen atoms in total. The van der Waals surface area contributed by atoms with Crippen LogP contribution in [0.15, 0.2) is 0 Å². The van der Waals surface area contributed by atoms with Gasteiger partial charge in [0.1, 0.15) is 0 Å². The second kappa shape index (κ2) is 8.08. The number of hydrogen-bond donors (Lipinski definition) is 0. The monoisotopic (exact) mass is 257 g/mol. The first-order valence-corrected chi connectivity index (χ1v) is 6.62. The lowest BCUT2D eigenvalue weighted by Crippen LogP contribution is -2.42. The lowest BCUT2D eigenvalue weighted by atomic mass is 9.98. The number of carbonyl (C=O) groups is 2. The van der Waals surface area contributed by atoms with Crippen molar-refractivity contribution in [3.8, 4) is 0 Å². The molecule has 1 aliphatic heterocycles. The average molecular weight is 257 g/mol. The van der Waals surface area contributed by atoms with Gasteiger partial charge in [0.15, 0.2) is 0 Å². The summed E-state index contributed by atoms with van der Waals surface area (Å²) in [5.74, 6) is -0.210. The lowest BCUT2D eigenvalue weighted by Gasteiger charge is -2.31. The molecule has 0 bridgehead atoms. The van der Waals surface area contributed by atoms with E-state index in [0.29, 0.717) is 26.2 Å². The van der Waals surface area contributed by atoms with Gasteiger partial charge in [0.25, 0.3) is 0 Å². The van der Waals surface area contributed by atoms with Crippen LogP contribution in [-0.4, -0.2) is 50.2 Å². The number of ether oxygens (including phenoxy) is 2. The van der Waals surface area contributed by atoms with Gasteiger partial charge in [0, 0.05) is 33.2 Å². The average Bonchev–Trinajstić information content (AvgIpc) is 2.39. The molecular formula is C13H23NO4. The van der Waals surface area contributed by atoms with Crippen LogP contribution in [0.3, 0.4) is 0 Å². The van der Waals surface area contributed by atoms with Crippen LogP contribution >= 0.6 is 0 Å². The maximum Gasteiger partial charge on any atom is 0.310 e. The number of piperidine rings is 1. The van der Waals surface area contributed by atoms with E-state index in [0.717, 1.165) is 25.8 Å². The first kappa shape index (κ1) is 15.0. The Morgan fingerprint density at radius 3 is 2.83 bits per heavy atom. The molecule has 0 radical (unpaired) electrons. The van der Waals surface area contributed by atoms with Gasteiger partial charge in [-0.05, 0) is 26.2 Å². The number of esters is 1. The van der Waals surface area contributed by atoms with Crippen molar-refractivity contribution < 1.29 is 19.1 Å². The molecule has 0 aromatic carbocycles. The predicted molar refractivity (Wildman–Crippen MR) is 67.0 cm³/mol. The Morgan fingerprint density at radius 1 is 1.39 bits per heavy atom. The van der Waals surface area contributed by atoms with Gasteiger partial charge in [-0.1, -0.05) is 0 Å².